The van der Waals surface area contributed by atoms with Gasteiger partial charge in [-0.1, -0.05) is 5.16 Å². The van der Waals surface area contributed by atoms with Crippen LogP contribution in [0, 0.1) is 13.8 Å². The zero-order valence-corrected chi connectivity index (χ0v) is 13.3. The van der Waals surface area contributed by atoms with E-state index in [-0.39, 0.29) is 29.3 Å². The summed E-state index contributed by atoms with van der Waals surface area (Å²) in [6, 6.07) is 0. The van der Waals surface area contributed by atoms with Gasteiger partial charge >= 0.3 is 0 Å². The number of aryl methyl sites for hydroxylation is 2. The van der Waals surface area contributed by atoms with Gasteiger partial charge in [-0.3, -0.25) is 14.2 Å². The largest absolute Gasteiger partial charge is 0.343 e. The molecule has 1 amide bonds. The van der Waals surface area contributed by atoms with E-state index < -0.39 is 0 Å². The van der Waals surface area contributed by atoms with Crippen LogP contribution in [0.1, 0.15) is 30.9 Å². The van der Waals surface area contributed by atoms with Gasteiger partial charge in [-0.25, -0.2) is 4.98 Å². The normalized spacial score (nSPS) is 14.4. The molecule has 1 fully saturated rings. The van der Waals surface area contributed by atoms with E-state index in [0.717, 1.165) is 25.9 Å². The Balaban J connectivity index is 1.81. The monoisotopic (exact) mass is 317 g/mol. The third-order valence-corrected chi connectivity index (χ3v) is 4.01. The summed E-state index contributed by atoms with van der Waals surface area (Å²) < 4.78 is 6.53. The maximum absolute atomic E-state index is 12.6. The van der Waals surface area contributed by atoms with E-state index in [4.69, 9.17) is 4.52 Å². The van der Waals surface area contributed by atoms with E-state index in [0.29, 0.717) is 18.2 Å². The third kappa shape index (κ3) is 3.15. The Bertz CT molecular complexity index is 774. The van der Waals surface area contributed by atoms with Crippen molar-refractivity contribution in [3.63, 3.8) is 0 Å². The number of rotatable bonds is 4. The van der Waals surface area contributed by atoms with E-state index in [9.17, 15) is 9.59 Å². The molecule has 0 N–H and O–H groups in total. The highest BCUT2D eigenvalue weighted by molar-refractivity contribution is 5.76. The van der Waals surface area contributed by atoms with E-state index in [2.05, 4.69) is 15.1 Å². The Morgan fingerprint density at radius 2 is 2.04 bits per heavy atom. The third-order valence-electron chi connectivity index (χ3n) is 4.01. The van der Waals surface area contributed by atoms with Gasteiger partial charge in [0.25, 0.3) is 11.4 Å². The Hall–Kier alpha value is -2.51. The van der Waals surface area contributed by atoms with Crippen LogP contribution in [0.5, 0.6) is 0 Å². The Morgan fingerprint density at radius 3 is 2.70 bits per heavy atom. The molecule has 0 aromatic carbocycles. The molecule has 0 spiro atoms. The van der Waals surface area contributed by atoms with Crippen molar-refractivity contribution in [1.82, 2.24) is 24.6 Å². The van der Waals surface area contributed by atoms with Crippen LogP contribution >= 0.6 is 0 Å². The summed E-state index contributed by atoms with van der Waals surface area (Å²) in [5, 5.41) is 3.69. The maximum Gasteiger partial charge on any atom is 0.266 e. The first-order valence-corrected chi connectivity index (χ1v) is 7.71. The molecule has 1 aliphatic rings. The zero-order valence-electron chi connectivity index (χ0n) is 13.3. The van der Waals surface area contributed by atoms with Crippen molar-refractivity contribution >= 4 is 5.91 Å². The second-order valence-corrected chi connectivity index (χ2v) is 5.66. The predicted molar refractivity (Wildman–Crippen MR) is 81.7 cm³/mol. The van der Waals surface area contributed by atoms with Gasteiger partial charge in [0.15, 0.2) is 5.82 Å². The molecule has 0 bridgehead atoms. The van der Waals surface area contributed by atoms with Gasteiger partial charge in [-0.05, 0) is 26.7 Å². The number of hydrogen-bond donors (Lipinski definition) is 0. The smallest absolute Gasteiger partial charge is 0.266 e. The second kappa shape index (κ2) is 6.31. The predicted octanol–water partition coefficient (Wildman–Crippen LogP) is 0.923. The lowest BCUT2D eigenvalue weighted by Crippen LogP contribution is -2.31. The molecular weight excluding hydrogens is 298 g/mol. The molecule has 122 valence electrons. The fraction of sp³-hybridized carbons (Fsp3) is 0.533. The fourth-order valence-electron chi connectivity index (χ4n) is 2.72. The zero-order chi connectivity index (χ0) is 16.4. The van der Waals surface area contributed by atoms with Gasteiger partial charge in [-0.2, -0.15) is 4.98 Å². The average molecular weight is 317 g/mol. The highest BCUT2D eigenvalue weighted by atomic mass is 16.5. The standard InChI is InChI=1S/C15H19N5O3/c1-10-17-14(23-18-10)12-9-16-11(2)20(15(12)22)8-5-13(21)19-6-3-4-7-19/h9H,3-8H2,1-2H3. The molecule has 23 heavy (non-hydrogen) atoms. The highest BCUT2D eigenvalue weighted by Crippen LogP contribution is 2.13. The van der Waals surface area contributed by atoms with E-state index >= 15 is 0 Å². The summed E-state index contributed by atoms with van der Waals surface area (Å²) >= 11 is 0. The van der Waals surface area contributed by atoms with Crippen LogP contribution in [0.4, 0.5) is 0 Å². The Labute approximate surface area is 133 Å². The molecule has 0 aliphatic carbocycles. The van der Waals surface area contributed by atoms with Crippen LogP contribution in [0.15, 0.2) is 15.5 Å². The first-order valence-electron chi connectivity index (χ1n) is 7.71. The fourth-order valence-corrected chi connectivity index (χ4v) is 2.72. The van der Waals surface area contributed by atoms with Crippen LogP contribution in [0.3, 0.4) is 0 Å². The van der Waals surface area contributed by atoms with Crippen LogP contribution in [0.25, 0.3) is 11.5 Å². The van der Waals surface area contributed by atoms with Crippen LogP contribution < -0.4 is 5.56 Å². The minimum Gasteiger partial charge on any atom is -0.343 e. The first kappa shape index (κ1) is 15.4. The summed E-state index contributed by atoms with van der Waals surface area (Å²) in [7, 11) is 0. The van der Waals surface area contributed by atoms with Crippen molar-refractivity contribution in [2.75, 3.05) is 13.1 Å². The number of aromatic nitrogens is 4. The molecule has 2 aromatic heterocycles. The van der Waals surface area contributed by atoms with Gasteiger partial charge in [0.1, 0.15) is 11.4 Å². The van der Waals surface area contributed by atoms with Crippen LogP contribution in [-0.2, 0) is 11.3 Å². The molecule has 8 nitrogen and oxygen atoms in total. The lowest BCUT2D eigenvalue weighted by atomic mass is 10.3. The van der Waals surface area contributed by atoms with Gasteiger partial charge in [0, 0.05) is 32.3 Å². The molecular formula is C15H19N5O3. The lowest BCUT2D eigenvalue weighted by Gasteiger charge is -2.16. The molecule has 0 unspecified atom stereocenters. The molecule has 2 aromatic rings. The molecule has 3 heterocycles. The van der Waals surface area contributed by atoms with Gasteiger partial charge in [-0.15, -0.1) is 0 Å². The summed E-state index contributed by atoms with van der Waals surface area (Å²) in [5.74, 6) is 1.24. The van der Waals surface area contributed by atoms with Crippen molar-refractivity contribution in [2.24, 2.45) is 0 Å². The minimum atomic E-state index is -0.268. The topological polar surface area (TPSA) is 94.1 Å². The SMILES string of the molecule is Cc1noc(-c2cnc(C)n(CCC(=O)N3CCCC3)c2=O)n1. The molecule has 1 saturated heterocycles. The number of nitrogens with zero attached hydrogens (tertiary/aromatic N) is 5. The van der Waals surface area contributed by atoms with Crippen molar-refractivity contribution in [3.05, 3.63) is 28.2 Å². The number of likely N-dealkylation sites (tertiary alicyclic amines) is 1. The molecule has 8 heteroatoms. The van der Waals surface area contributed by atoms with Gasteiger partial charge in [0.2, 0.25) is 5.91 Å². The van der Waals surface area contributed by atoms with Crippen molar-refractivity contribution in [1.29, 1.82) is 0 Å². The van der Waals surface area contributed by atoms with Crippen LogP contribution in [-0.4, -0.2) is 43.6 Å². The average Bonchev–Trinajstić information content (AvgIpc) is 3.18. The molecule has 1 aliphatic heterocycles. The van der Waals surface area contributed by atoms with Gasteiger partial charge in [0.05, 0.1) is 0 Å². The summed E-state index contributed by atoms with van der Waals surface area (Å²) in [5.41, 5.74) is -0.0137. The summed E-state index contributed by atoms with van der Waals surface area (Å²) in [6.45, 7) is 5.35. The number of carbonyl (C=O) groups is 1. The Kier molecular flexibility index (Phi) is 4.22. The van der Waals surface area contributed by atoms with E-state index in [1.165, 1.54) is 10.8 Å². The quantitative estimate of drug-likeness (QED) is 0.832. The molecule has 0 atom stereocenters. The van der Waals surface area contributed by atoms with Crippen molar-refractivity contribution in [2.45, 2.75) is 39.7 Å². The summed E-state index contributed by atoms with van der Waals surface area (Å²) in [6.07, 6.45) is 3.83. The van der Waals surface area contributed by atoms with Crippen molar-refractivity contribution in [3.8, 4) is 11.5 Å². The number of hydrogen-bond acceptors (Lipinski definition) is 6. The maximum atomic E-state index is 12.6. The molecule has 0 radical (unpaired) electrons. The minimum absolute atomic E-state index is 0.0767. The second-order valence-electron chi connectivity index (χ2n) is 5.66. The number of amides is 1. The van der Waals surface area contributed by atoms with Gasteiger partial charge < -0.3 is 9.42 Å². The highest BCUT2D eigenvalue weighted by Gasteiger charge is 2.19. The van der Waals surface area contributed by atoms with Crippen molar-refractivity contribution < 1.29 is 9.32 Å². The van der Waals surface area contributed by atoms with E-state index in [1.807, 2.05) is 4.90 Å². The number of carbonyl (C=O) groups excluding carboxylic acids is 1. The molecule has 0 saturated carbocycles. The van der Waals surface area contributed by atoms with E-state index in [1.54, 1.807) is 13.8 Å². The Morgan fingerprint density at radius 1 is 1.30 bits per heavy atom. The van der Waals surface area contributed by atoms with Crippen LogP contribution in [0.2, 0.25) is 0 Å². The molecule has 3 rings (SSSR count). The lowest BCUT2D eigenvalue weighted by molar-refractivity contribution is -0.130. The summed E-state index contributed by atoms with van der Waals surface area (Å²) in [4.78, 5) is 34.9. The first-order chi connectivity index (χ1) is 11.1.